The predicted molar refractivity (Wildman–Crippen MR) is 73.2 cm³/mol. The molecule has 2 aliphatic rings. The zero-order chi connectivity index (χ0) is 12.9. The number of rotatable bonds is 0. The molecule has 92 valence electrons. The van der Waals surface area contributed by atoms with Crippen molar-refractivity contribution in [2.75, 3.05) is 0 Å². The Bertz CT molecular complexity index is 588. The fraction of sp³-hybridized carbons (Fsp3) is 0.333. The SMILES string of the molecule is CC1=CCC2(Br)C(=O)c3ccccc3C(=O)C2C1. The molecule has 1 aromatic carbocycles. The maximum Gasteiger partial charge on any atom is 0.181 e. The average Bonchev–Trinajstić information content (AvgIpc) is 2.39. The molecular formula is C15H13BrO2. The summed E-state index contributed by atoms with van der Waals surface area (Å²) in [4.78, 5) is 25.1. The van der Waals surface area contributed by atoms with Crippen LogP contribution in [0.2, 0.25) is 0 Å². The summed E-state index contributed by atoms with van der Waals surface area (Å²) in [6, 6.07) is 7.14. The molecule has 1 aromatic rings. The van der Waals surface area contributed by atoms with E-state index in [1.165, 1.54) is 5.57 Å². The van der Waals surface area contributed by atoms with Gasteiger partial charge < -0.3 is 0 Å². The molecule has 2 aliphatic carbocycles. The molecule has 2 unspecified atom stereocenters. The van der Waals surface area contributed by atoms with Gasteiger partial charge in [-0.15, -0.1) is 0 Å². The molecule has 18 heavy (non-hydrogen) atoms. The van der Waals surface area contributed by atoms with Crippen LogP contribution in [0, 0.1) is 5.92 Å². The minimum Gasteiger partial charge on any atom is -0.294 e. The molecule has 0 radical (unpaired) electrons. The van der Waals surface area contributed by atoms with E-state index in [-0.39, 0.29) is 17.5 Å². The van der Waals surface area contributed by atoms with E-state index in [9.17, 15) is 9.59 Å². The first kappa shape index (κ1) is 11.8. The van der Waals surface area contributed by atoms with Gasteiger partial charge >= 0.3 is 0 Å². The van der Waals surface area contributed by atoms with Gasteiger partial charge in [0.05, 0.1) is 0 Å². The van der Waals surface area contributed by atoms with E-state index in [4.69, 9.17) is 0 Å². The summed E-state index contributed by atoms with van der Waals surface area (Å²) in [5.41, 5.74) is 2.33. The van der Waals surface area contributed by atoms with Crippen LogP contribution in [0.15, 0.2) is 35.9 Å². The van der Waals surface area contributed by atoms with Crippen LogP contribution >= 0.6 is 15.9 Å². The van der Waals surface area contributed by atoms with Crippen LogP contribution in [-0.2, 0) is 0 Å². The number of benzene rings is 1. The highest BCUT2D eigenvalue weighted by Crippen LogP contribution is 2.47. The van der Waals surface area contributed by atoms with Gasteiger partial charge in [-0.1, -0.05) is 51.8 Å². The lowest BCUT2D eigenvalue weighted by Crippen LogP contribution is -2.49. The highest BCUT2D eigenvalue weighted by atomic mass is 79.9. The Balaban J connectivity index is 2.20. The zero-order valence-corrected chi connectivity index (χ0v) is 11.7. The van der Waals surface area contributed by atoms with E-state index in [0.29, 0.717) is 24.0 Å². The lowest BCUT2D eigenvalue weighted by molar-refractivity contribution is 0.0766. The van der Waals surface area contributed by atoms with E-state index in [1.807, 2.05) is 19.1 Å². The average molecular weight is 305 g/mol. The maximum atomic E-state index is 12.6. The Morgan fingerprint density at radius 3 is 2.61 bits per heavy atom. The Morgan fingerprint density at radius 1 is 1.22 bits per heavy atom. The Kier molecular flexibility index (Phi) is 2.56. The molecule has 3 heteroatoms. The van der Waals surface area contributed by atoms with Gasteiger partial charge in [-0.2, -0.15) is 0 Å². The number of Topliss-reactive ketones (excluding diaryl/α,β-unsaturated/α-hetero) is 2. The fourth-order valence-electron chi connectivity index (χ4n) is 2.89. The lowest BCUT2D eigenvalue weighted by Gasteiger charge is -2.40. The van der Waals surface area contributed by atoms with Crippen molar-refractivity contribution >= 4 is 27.5 Å². The van der Waals surface area contributed by atoms with Crippen molar-refractivity contribution in [3.63, 3.8) is 0 Å². The normalized spacial score (nSPS) is 30.6. The number of ketones is 2. The molecule has 0 aliphatic heterocycles. The van der Waals surface area contributed by atoms with Crippen molar-refractivity contribution in [3.05, 3.63) is 47.0 Å². The van der Waals surface area contributed by atoms with E-state index < -0.39 is 4.32 Å². The van der Waals surface area contributed by atoms with Crippen molar-refractivity contribution in [1.82, 2.24) is 0 Å². The van der Waals surface area contributed by atoms with Gasteiger partial charge in [0.2, 0.25) is 0 Å². The molecule has 3 rings (SSSR count). The predicted octanol–water partition coefficient (Wildman–Crippen LogP) is 3.56. The molecule has 0 aromatic heterocycles. The summed E-state index contributed by atoms with van der Waals surface area (Å²) in [6.07, 6.45) is 3.33. The van der Waals surface area contributed by atoms with E-state index >= 15 is 0 Å². The number of alkyl halides is 1. The number of hydrogen-bond donors (Lipinski definition) is 0. The summed E-state index contributed by atoms with van der Waals surface area (Å²) in [5.74, 6) is -0.120. The number of allylic oxidation sites excluding steroid dienone is 2. The van der Waals surface area contributed by atoms with Crippen LogP contribution in [0.1, 0.15) is 40.5 Å². The van der Waals surface area contributed by atoms with Gasteiger partial charge in [-0.05, 0) is 19.8 Å². The first-order chi connectivity index (χ1) is 8.54. The molecular weight excluding hydrogens is 292 g/mol. The van der Waals surface area contributed by atoms with Crippen molar-refractivity contribution in [2.24, 2.45) is 5.92 Å². The van der Waals surface area contributed by atoms with Crippen molar-refractivity contribution in [2.45, 2.75) is 24.1 Å². The summed E-state index contributed by atoms with van der Waals surface area (Å²) in [6.45, 7) is 2.02. The fourth-order valence-corrected chi connectivity index (χ4v) is 3.64. The van der Waals surface area contributed by atoms with Gasteiger partial charge in [-0.25, -0.2) is 0 Å². The van der Waals surface area contributed by atoms with Gasteiger partial charge in [0.1, 0.15) is 4.32 Å². The van der Waals surface area contributed by atoms with Crippen molar-refractivity contribution < 1.29 is 9.59 Å². The molecule has 0 amide bonds. The lowest BCUT2D eigenvalue weighted by atomic mass is 9.68. The summed E-state index contributed by atoms with van der Waals surface area (Å²) in [7, 11) is 0. The molecule has 0 heterocycles. The third-order valence-electron chi connectivity index (χ3n) is 3.96. The topological polar surface area (TPSA) is 34.1 Å². The highest BCUT2D eigenvalue weighted by molar-refractivity contribution is 9.10. The zero-order valence-electron chi connectivity index (χ0n) is 10.1. The molecule has 0 saturated heterocycles. The standard InChI is InChI=1S/C15H13BrO2/c1-9-6-7-15(16)12(8-9)13(17)10-4-2-3-5-11(10)14(15)18/h2-6,12H,7-8H2,1H3. The summed E-state index contributed by atoms with van der Waals surface area (Å²) in [5, 5.41) is 0. The Labute approximate surface area is 114 Å². The van der Waals surface area contributed by atoms with E-state index in [0.717, 1.165) is 0 Å². The minimum absolute atomic E-state index is 0.0476. The van der Waals surface area contributed by atoms with Crippen LogP contribution in [0.3, 0.4) is 0 Å². The van der Waals surface area contributed by atoms with Crippen LogP contribution < -0.4 is 0 Å². The summed E-state index contributed by atoms with van der Waals surface area (Å²) >= 11 is 3.56. The molecule has 2 atom stereocenters. The molecule has 0 spiro atoms. The van der Waals surface area contributed by atoms with Gasteiger partial charge in [-0.3, -0.25) is 9.59 Å². The highest BCUT2D eigenvalue weighted by Gasteiger charge is 2.52. The summed E-state index contributed by atoms with van der Waals surface area (Å²) < 4.78 is -0.724. The van der Waals surface area contributed by atoms with Gasteiger partial charge in [0.25, 0.3) is 0 Å². The molecule has 0 fully saturated rings. The number of halogens is 1. The second-order valence-electron chi connectivity index (χ2n) is 5.11. The van der Waals surface area contributed by atoms with Crippen LogP contribution in [0.5, 0.6) is 0 Å². The minimum atomic E-state index is -0.724. The number of fused-ring (bicyclic) bond motifs is 2. The van der Waals surface area contributed by atoms with Crippen LogP contribution in [0.25, 0.3) is 0 Å². The first-order valence-electron chi connectivity index (χ1n) is 6.06. The second kappa shape index (κ2) is 3.89. The maximum absolute atomic E-state index is 12.6. The molecule has 2 nitrogen and oxygen atoms in total. The number of hydrogen-bond acceptors (Lipinski definition) is 2. The van der Waals surface area contributed by atoms with Crippen molar-refractivity contribution in [3.8, 4) is 0 Å². The largest absolute Gasteiger partial charge is 0.294 e. The molecule has 0 N–H and O–H groups in total. The van der Waals surface area contributed by atoms with Gasteiger partial charge in [0, 0.05) is 17.0 Å². The van der Waals surface area contributed by atoms with Crippen LogP contribution in [0.4, 0.5) is 0 Å². The number of carbonyl (C=O) groups is 2. The van der Waals surface area contributed by atoms with E-state index in [1.54, 1.807) is 12.1 Å². The monoisotopic (exact) mass is 304 g/mol. The van der Waals surface area contributed by atoms with Crippen molar-refractivity contribution in [1.29, 1.82) is 0 Å². The second-order valence-corrected chi connectivity index (χ2v) is 6.53. The Hall–Kier alpha value is -1.22. The first-order valence-corrected chi connectivity index (χ1v) is 6.86. The molecule has 0 saturated carbocycles. The Morgan fingerprint density at radius 2 is 1.89 bits per heavy atom. The quantitative estimate of drug-likeness (QED) is 0.542. The van der Waals surface area contributed by atoms with E-state index in [2.05, 4.69) is 22.0 Å². The smallest absolute Gasteiger partial charge is 0.181 e. The van der Waals surface area contributed by atoms with Crippen LogP contribution in [-0.4, -0.2) is 15.9 Å². The third-order valence-corrected chi connectivity index (χ3v) is 5.19. The molecule has 0 bridgehead atoms. The van der Waals surface area contributed by atoms with Gasteiger partial charge in [0.15, 0.2) is 11.6 Å². The third kappa shape index (κ3) is 1.46. The number of carbonyl (C=O) groups excluding carboxylic acids is 2.